The second-order valence-corrected chi connectivity index (χ2v) is 5.35. The van der Waals surface area contributed by atoms with Gasteiger partial charge in [0.2, 0.25) is 0 Å². The van der Waals surface area contributed by atoms with Crippen LogP contribution >= 0.6 is 11.6 Å². The monoisotopic (exact) mass is 267 g/mol. The molecule has 0 aliphatic carbocycles. The first-order chi connectivity index (χ1) is 8.70. The lowest BCUT2D eigenvalue weighted by molar-refractivity contribution is 0.191. The molecule has 1 aliphatic heterocycles. The third-order valence-corrected chi connectivity index (χ3v) is 3.82. The van der Waals surface area contributed by atoms with Gasteiger partial charge in [-0.3, -0.25) is 4.90 Å². The van der Waals surface area contributed by atoms with Gasteiger partial charge in [-0.25, -0.2) is 0 Å². The van der Waals surface area contributed by atoms with Crippen LogP contribution in [0.1, 0.15) is 6.92 Å². The van der Waals surface area contributed by atoms with Crippen LogP contribution in [0.15, 0.2) is 24.3 Å². The van der Waals surface area contributed by atoms with Crippen molar-refractivity contribution < 1.29 is 0 Å². The number of halogens is 1. The third-order valence-electron chi connectivity index (χ3n) is 3.59. The highest BCUT2D eigenvalue weighted by atomic mass is 35.5. The Morgan fingerprint density at radius 1 is 1.39 bits per heavy atom. The van der Waals surface area contributed by atoms with Gasteiger partial charge in [-0.15, -0.1) is 0 Å². The molecular weight excluding hydrogens is 246 g/mol. The van der Waals surface area contributed by atoms with E-state index in [4.69, 9.17) is 11.6 Å². The molecule has 0 saturated carbocycles. The predicted molar refractivity (Wildman–Crippen MR) is 78.6 cm³/mol. The van der Waals surface area contributed by atoms with E-state index in [2.05, 4.69) is 34.2 Å². The SMILES string of the molecule is CNCCN1CCN(c2cccc(Cl)c2)CC1C. The van der Waals surface area contributed by atoms with Gasteiger partial charge >= 0.3 is 0 Å². The van der Waals surface area contributed by atoms with Crippen LogP contribution in [0.5, 0.6) is 0 Å². The average Bonchev–Trinajstić information content (AvgIpc) is 2.37. The summed E-state index contributed by atoms with van der Waals surface area (Å²) in [4.78, 5) is 4.96. The van der Waals surface area contributed by atoms with Crippen molar-refractivity contribution in [1.29, 1.82) is 0 Å². The average molecular weight is 268 g/mol. The van der Waals surface area contributed by atoms with Crippen molar-refractivity contribution in [3.8, 4) is 0 Å². The molecule has 0 radical (unpaired) electrons. The summed E-state index contributed by atoms with van der Waals surface area (Å²) < 4.78 is 0. The summed E-state index contributed by atoms with van der Waals surface area (Å²) in [5.41, 5.74) is 1.24. The largest absolute Gasteiger partial charge is 0.369 e. The summed E-state index contributed by atoms with van der Waals surface area (Å²) in [7, 11) is 2.01. The minimum absolute atomic E-state index is 0.589. The standard InChI is InChI=1S/C14H22ClN3/c1-12-11-18(9-8-17(12)7-6-16-2)14-5-3-4-13(15)10-14/h3-5,10,12,16H,6-9,11H2,1-2H3. The Kier molecular flexibility index (Phi) is 4.87. The number of likely N-dealkylation sites (N-methyl/N-ethyl adjacent to an activating group) is 1. The molecule has 4 heteroatoms. The van der Waals surface area contributed by atoms with Crippen LogP contribution in [-0.4, -0.2) is 50.7 Å². The molecule has 0 amide bonds. The highest BCUT2D eigenvalue weighted by Crippen LogP contribution is 2.22. The Bertz CT molecular complexity index is 383. The van der Waals surface area contributed by atoms with Crippen LogP contribution in [0.25, 0.3) is 0 Å². The molecule has 1 fully saturated rings. The van der Waals surface area contributed by atoms with Gasteiger partial charge in [0.05, 0.1) is 0 Å². The summed E-state index contributed by atoms with van der Waals surface area (Å²) in [5.74, 6) is 0. The normalized spacial score (nSPS) is 21.3. The van der Waals surface area contributed by atoms with Gasteiger partial charge in [0, 0.05) is 49.5 Å². The van der Waals surface area contributed by atoms with Crippen LogP contribution in [-0.2, 0) is 0 Å². The summed E-state index contributed by atoms with van der Waals surface area (Å²) in [6.07, 6.45) is 0. The minimum Gasteiger partial charge on any atom is -0.369 e. The number of hydrogen-bond acceptors (Lipinski definition) is 3. The maximum absolute atomic E-state index is 6.05. The van der Waals surface area contributed by atoms with Gasteiger partial charge in [-0.2, -0.15) is 0 Å². The fraction of sp³-hybridized carbons (Fsp3) is 0.571. The number of anilines is 1. The van der Waals surface area contributed by atoms with Crippen molar-refractivity contribution in [2.45, 2.75) is 13.0 Å². The Hall–Kier alpha value is -0.770. The number of piperazine rings is 1. The molecule has 0 bridgehead atoms. The zero-order valence-electron chi connectivity index (χ0n) is 11.2. The van der Waals surface area contributed by atoms with E-state index in [1.54, 1.807) is 0 Å². The Labute approximate surface area is 115 Å². The topological polar surface area (TPSA) is 18.5 Å². The Balaban J connectivity index is 1.95. The van der Waals surface area contributed by atoms with Gasteiger partial charge in [0.1, 0.15) is 0 Å². The van der Waals surface area contributed by atoms with Gasteiger partial charge < -0.3 is 10.2 Å². The lowest BCUT2D eigenvalue weighted by Crippen LogP contribution is -2.53. The van der Waals surface area contributed by atoms with Crippen molar-refractivity contribution in [2.75, 3.05) is 44.7 Å². The van der Waals surface area contributed by atoms with E-state index in [1.165, 1.54) is 5.69 Å². The number of benzene rings is 1. The fourth-order valence-corrected chi connectivity index (χ4v) is 2.67. The molecule has 0 aromatic heterocycles. The second kappa shape index (κ2) is 6.41. The summed E-state index contributed by atoms with van der Waals surface area (Å²) in [6.45, 7) is 7.75. The number of rotatable bonds is 4. The van der Waals surface area contributed by atoms with E-state index in [-0.39, 0.29) is 0 Å². The third kappa shape index (κ3) is 3.37. The lowest BCUT2D eigenvalue weighted by atomic mass is 10.1. The molecule has 1 heterocycles. The van der Waals surface area contributed by atoms with Crippen molar-refractivity contribution in [2.24, 2.45) is 0 Å². The summed E-state index contributed by atoms with van der Waals surface area (Å²) in [6, 6.07) is 8.73. The van der Waals surface area contributed by atoms with Gasteiger partial charge in [-0.1, -0.05) is 17.7 Å². The van der Waals surface area contributed by atoms with Crippen molar-refractivity contribution >= 4 is 17.3 Å². The van der Waals surface area contributed by atoms with E-state index >= 15 is 0 Å². The van der Waals surface area contributed by atoms with Crippen molar-refractivity contribution in [3.05, 3.63) is 29.3 Å². The molecule has 1 aromatic carbocycles. The zero-order chi connectivity index (χ0) is 13.0. The molecule has 1 N–H and O–H groups in total. The van der Waals surface area contributed by atoms with E-state index in [9.17, 15) is 0 Å². The predicted octanol–water partition coefficient (Wildman–Crippen LogP) is 2.07. The number of hydrogen-bond donors (Lipinski definition) is 1. The molecule has 3 nitrogen and oxygen atoms in total. The van der Waals surface area contributed by atoms with E-state index < -0.39 is 0 Å². The van der Waals surface area contributed by atoms with Gasteiger partial charge in [0.25, 0.3) is 0 Å². The molecule has 100 valence electrons. The smallest absolute Gasteiger partial charge is 0.0426 e. The molecule has 0 spiro atoms. The molecule has 18 heavy (non-hydrogen) atoms. The molecule has 1 atom stereocenters. The first-order valence-corrected chi connectivity index (χ1v) is 6.97. The van der Waals surface area contributed by atoms with Crippen molar-refractivity contribution in [3.63, 3.8) is 0 Å². The quantitative estimate of drug-likeness (QED) is 0.901. The number of nitrogens with one attached hydrogen (secondary N) is 1. The van der Waals surface area contributed by atoms with Crippen LogP contribution in [0.3, 0.4) is 0 Å². The molecule has 1 aliphatic rings. The molecule has 1 aromatic rings. The maximum atomic E-state index is 6.05. The van der Waals surface area contributed by atoms with E-state index in [0.717, 1.165) is 37.7 Å². The summed E-state index contributed by atoms with van der Waals surface area (Å²) >= 11 is 6.05. The van der Waals surface area contributed by atoms with E-state index in [1.807, 2.05) is 19.2 Å². The highest BCUT2D eigenvalue weighted by Gasteiger charge is 2.23. The molecule has 1 unspecified atom stereocenters. The van der Waals surface area contributed by atoms with Crippen LogP contribution < -0.4 is 10.2 Å². The zero-order valence-corrected chi connectivity index (χ0v) is 12.0. The highest BCUT2D eigenvalue weighted by molar-refractivity contribution is 6.30. The van der Waals surface area contributed by atoms with Crippen LogP contribution in [0, 0.1) is 0 Å². The van der Waals surface area contributed by atoms with E-state index in [0.29, 0.717) is 6.04 Å². The number of nitrogens with zero attached hydrogens (tertiary/aromatic N) is 2. The Morgan fingerprint density at radius 3 is 2.89 bits per heavy atom. The second-order valence-electron chi connectivity index (χ2n) is 4.91. The van der Waals surface area contributed by atoms with Gasteiger partial charge in [-0.05, 0) is 32.2 Å². The Morgan fingerprint density at radius 2 is 2.22 bits per heavy atom. The molecule has 2 rings (SSSR count). The van der Waals surface area contributed by atoms with Crippen LogP contribution in [0.2, 0.25) is 5.02 Å². The molecular formula is C14H22ClN3. The maximum Gasteiger partial charge on any atom is 0.0426 e. The van der Waals surface area contributed by atoms with Crippen LogP contribution in [0.4, 0.5) is 5.69 Å². The lowest BCUT2D eigenvalue weighted by Gasteiger charge is -2.41. The fourth-order valence-electron chi connectivity index (χ4n) is 2.49. The summed E-state index contributed by atoms with van der Waals surface area (Å²) in [5, 5.41) is 4.03. The molecule has 1 saturated heterocycles. The minimum atomic E-state index is 0.589. The first kappa shape index (κ1) is 13.7. The first-order valence-electron chi connectivity index (χ1n) is 6.60. The van der Waals surface area contributed by atoms with Gasteiger partial charge in [0.15, 0.2) is 0 Å². The van der Waals surface area contributed by atoms with Crippen molar-refractivity contribution in [1.82, 2.24) is 10.2 Å².